The minimum Gasteiger partial charge on any atom is -0.310 e. The van der Waals surface area contributed by atoms with E-state index in [9.17, 15) is 0 Å². The number of fused-ring (bicyclic) bond motifs is 5. The predicted octanol–water partition coefficient (Wildman–Crippen LogP) is 17.4. The van der Waals surface area contributed by atoms with Crippen molar-refractivity contribution in [3.8, 4) is 27.9 Å². The van der Waals surface area contributed by atoms with Crippen molar-refractivity contribution in [1.82, 2.24) is 4.57 Å². The third kappa shape index (κ3) is 6.87. The third-order valence-electron chi connectivity index (χ3n) is 12.7. The van der Waals surface area contributed by atoms with Crippen molar-refractivity contribution in [2.45, 2.75) is 0 Å². The molecule has 0 saturated heterocycles. The Morgan fingerprint density at radius 2 is 0.769 bits per heavy atom. The van der Waals surface area contributed by atoms with Gasteiger partial charge in [-0.25, -0.2) is 0 Å². The molecule has 0 aliphatic rings. The monoisotopic (exact) mass is 829 g/mol. The zero-order valence-corrected chi connectivity index (χ0v) is 35.7. The Kier molecular flexibility index (Phi) is 9.50. The van der Waals surface area contributed by atoms with Gasteiger partial charge in [-0.2, -0.15) is 0 Å². The lowest BCUT2D eigenvalue weighted by Gasteiger charge is -2.28. The molecule has 0 unspecified atom stereocenters. The van der Waals surface area contributed by atoms with Crippen LogP contribution in [0.5, 0.6) is 0 Å². The number of hydrogen-bond donors (Lipinski definition) is 0. The molecule has 0 amide bonds. The van der Waals surface area contributed by atoms with Crippen molar-refractivity contribution >= 4 is 77.5 Å². The van der Waals surface area contributed by atoms with E-state index in [1.54, 1.807) is 0 Å². The van der Waals surface area contributed by atoms with Crippen LogP contribution in [0.25, 0.3) is 71.3 Å². The fourth-order valence-corrected chi connectivity index (χ4v) is 9.68. The average Bonchev–Trinajstić information content (AvgIpc) is 3.71. The summed E-state index contributed by atoms with van der Waals surface area (Å²) in [6.07, 6.45) is 0. The number of benzene rings is 11. The van der Waals surface area contributed by atoms with Gasteiger partial charge in [0.2, 0.25) is 0 Å². The van der Waals surface area contributed by atoms with Crippen molar-refractivity contribution in [1.29, 1.82) is 0 Å². The van der Waals surface area contributed by atoms with Gasteiger partial charge in [0.15, 0.2) is 0 Å². The Labute approximate surface area is 378 Å². The standard InChI is InChI=1S/C62H43N3/c1-4-16-44(17-5-1)46-28-33-51(34-29-46)63(54-38-40-62-59(43-54)58-26-14-15-27-60(58)65(62)50-22-8-3-9-23-50)52-35-31-47(32-36-52)55-39-41-61(57-25-13-12-24-56(55)57)64(49-20-6-2-7-21-49)53-37-30-45-18-10-11-19-48(45)42-53/h1-43H. The second-order valence-electron chi connectivity index (χ2n) is 16.6. The summed E-state index contributed by atoms with van der Waals surface area (Å²) in [5, 5.41) is 7.27. The van der Waals surface area contributed by atoms with Gasteiger partial charge in [0.25, 0.3) is 0 Å². The highest BCUT2D eigenvalue weighted by Gasteiger charge is 2.20. The van der Waals surface area contributed by atoms with Crippen LogP contribution in [-0.2, 0) is 0 Å². The third-order valence-corrected chi connectivity index (χ3v) is 12.7. The molecule has 12 rings (SSSR count). The molecule has 3 heteroatoms. The lowest BCUT2D eigenvalue weighted by Crippen LogP contribution is -2.10. The Hall–Kier alpha value is -8.66. The Bertz CT molecular complexity index is 3630. The summed E-state index contributed by atoms with van der Waals surface area (Å²) < 4.78 is 2.37. The Morgan fingerprint density at radius 3 is 1.51 bits per heavy atom. The smallest absolute Gasteiger partial charge is 0.0542 e. The van der Waals surface area contributed by atoms with Crippen LogP contribution in [0, 0.1) is 0 Å². The normalized spacial score (nSPS) is 11.4. The van der Waals surface area contributed by atoms with Crippen molar-refractivity contribution in [3.05, 3.63) is 261 Å². The molecule has 1 heterocycles. The second-order valence-corrected chi connectivity index (χ2v) is 16.6. The zero-order valence-electron chi connectivity index (χ0n) is 35.7. The van der Waals surface area contributed by atoms with Crippen molar-refractivity contribution < 1.29 is 0 Å². The average molecular weight is 830 g/mol. The van der Waals surface area contributed by atoms with Gasteiger partial charge in [-0.3, -0.25) is 0 Å². The maximum Gasteiger partial charge on any atom is 0.0542 e. The second kappa shape index (κ2) is 16.2. The first kappa shape index (κ1) is 38.0. The summed E-state index contributed by atoms with van der Waals surface area (Å²) in [4.78, 5) is 4.77. The Balaban J connectivity index is 0.974. The molecule has 0 radical (unpaired) electrons. The first-order valence-electron chi connectivity index (χ1n) is 22.3. The van der Waals surface area contributed by atoms with E-state index in [0.29, 0.717) is 0 Å². The molecule has 1 aromatic heterocycles. The van der Waals surface area contributed by atoms with Crippen LogP contribution in [0.1, 0.15) is 0 Å². The van der Waals surface area contributed by atoms with Gasteiger partial charge in [0, 0.05) is 50.3 Å². The van der Waals surface area contributed by atoms with Gasteiger partial charge < -0.3 is 14.4 Å². The summed E-state index contributed by atoms with van der Waals surface area (Å²) in [5.41, 5.74) is 14.9. The van der Waals surface area contributed by atoms with E-state index in [4.69, 9.17) is 0 Å². The molecule has 65 heavy (non-hydrogen) atoms. The van der Waals surface area contributed by atoms with Gasteiger partial charge >= 0.3 is 0 Å². The van der Waals surface area contributed by atoms with Crippen LogP contribution in [0.3, 0.4) is 0 Å². The van der Waals surface area contributed by atoms with Crippen molar-refractivity contribution in [3.63, 3.8) is 0 Å². The van der Waals surface area contributed by atoms with E-state index in [1.807, 2.05) is 0 Å². The van der Waals surface area contributed by atoms with Gasteiger partial charge in [0.05, 0.1) is 16.7 Å². The molecular weight excluding hydrogens is 787 g/mol. The number of anilines is 6. The van der Waals surface area contributed by atoms with E-state index >= 15 is 0 Å². The van der Waals surface area contributed by atoms with E-state index in [2.05, 4.69) is 275 Å². The lowest BCUT2D eigenvalue weighted by atomic mass is 9.96. The minimum absolute atomic E-state index is 1.08. The van der Waals surface area contributed by atoms with Crippen LogP contribution in [0.15, 0.2) is 261 Å². The molecule has 0 saturated carbocycles. The number of aromatic nitrogens is 1. The fraction of sp³-hybridized carbons (Fsp3) is 0. The van der Waals surface area contributed by atoms with E-state index in [1.165, 1.54) is 60.0 Å². The molecule has 0 N–H and O–H groups in total. The topological polar surface area (TPSA) is 11.4 Å². The number of nitrogens with zero attached hydrogens (tertiary/aromatic N) is 3. The molecule has 12 aromatic rings. The molecule has 0 atom stereocenters. The summed E-state index contributed by atoms with van der Waals surface area (Å²) in [7, 11) is 0. The maximum atomic E-state index is 2.39. The molecule has 0 aliphatic heterocycles. The Morgan fingerprint density at radius 1 is 0.262 bits per heavy atom. The van der Waals surface area contributed by atoms with Crippen LogP contribution in [0.4, 0.5) is 34.1 Å². The van der Waals surface area contributed by atoms with Crippen molar-refractivity contribution in [2.75, 3.05) is 9.80 Å². The molecule has 0 bridgehead atoms. The van der Waals surface area contributed by atoms with Gasteiger partial charge in [-0.1, -0.05) is 170 Å². The SMILES string of the molecule is c1ccc(-c2ccc(N(c3ccc(-c4ccc(N(c5ccccc5)c5ccc6ccccc6c5)c5ccccc45)cc3)c3ccc4c(c3)c3ccccc3n4-c3ccccc3)cc2)cc1. The van der Waals surface area contributed by atoms with E-state index in [0.717, 1.165) is 45.4 Å². The maximum absolute atomic E-state index is 2.39. The van der Waals surface area contributed by atoms with Gasteiger partial charge in [-0.15, -0.1) is 0 Å². The largest absolute Gasteiger partial charge is 0.310 e. The molecule has 3 nitrogen and oxygen atoms in total. The number of hydrogen-bond acceptors (Lipinski definition) is 2. The fourth-order valence-electron chi connectivity index (χ4n) is 9.68. The first-order chi connectivity index (χ1) is 32.2. The van der Waals surface area contributed by atoms with Crippen LogP contribution in [-0.4, -0.2) is 4.57 Å². The number of para-hydroxylation sites is 3. The highest BCUT2D eigenvalue weighted by molar-refractivity contribution is 6.11. The van der Waals surface area contributed by atoms with Crippen LogP contribution in [0.2, 0.25) is 0 Å². The molecule has 0 fully saturated rings. The van der Waals surface area contributed by atoms with Crippen LogP contribution >= 0.6 is 0 Å². The summed E-state index contributed by atoms with van der Waals surface area (Å²) in [6, 6.07) is 94.3. The zero-order chi connectivity index (χ0) is 43.1. The predicted molar refractivity (Wildman–Crippen MR) is 276 cm³/mol. The van der Waals surface area contributed by atoms with Gasteiger partial charge in [0.1, 0.15) is 0 Å². The van der Waals surface area contributed by atoms with Crippen molar-refractivity contribution in [2.24, 2.45) is 0 Å². The number of rotatable bonds is 9. The molecule has 0 spiro atoms. The molecular formula is C62H43N3. The summed E-state index contributed by atoms with van der Waals surface area (Å²) in [6.45, 7) is 0. The quantitative estimate of drug-likeness (QED) is 0.144. The first-order valence-corrected chi connectivity index (χ1v) is 22.3. The van der Waals surface area contributed by atoms with Crippen LogP contribution < -0.4 is 9.80 Å². The van der Waals surface area contributed by atoms with E-state index < -0.39 is 0 Å². The van der Waals surface area contributed by atoms with E-state index in [-0.39, 0.29) is 0 Å². The van der Waals surface area contributed by atoms with Gasteiger partial charge in [-0.05, 0) is 129 Å². The lowest BCUT2D eigenvalue weighted by molar-refractivity contribution is 1.18. The highest BCUT2D eigenvalue weighted by Crippen LogP contribution is 2.44. The summed E-state index contributed by atoms with van der Waals surface area (Å²) >= 11 is 0. The summed E-state index contributed by atoms with van der Waals surface area (Å²) in [5.74, 6) is 0. The molecule has 0 aliphatic carbocycles. The molecule has 11 aromatic carbocycles. The highest BCUT2D eigenvalue weighted by atomic mass is 15.1. The minimum atomic E-state index is 1.08. The molecule has 306 valence electrons.